The highest BCUT2D eigenvalue weighted by molar-refractivity contribution is 5.84. The monoisotopic (exact) mass is 416 g/mol. The van der Waals surface area contributed by atoms with E-state index in [4.69, 9.17) is 14.2 Å². The zero-order valence-electron chi connectivity index (χ0n) is 17.6. The topological polar surface area (TPSA) is 44.8 Å². The molecule has 3 aromatic rings. The zero-order chi connectivity index (χ0) is 21.3. The number of hydrogen-bond donors (Lipinski definition) is 0. The predicted molar refractivity (Wildman–Crippen MR) is 119 cm³/mol. The van der Waals surface area contributed by atoms with Crippen LogP contribution in [0.5, 0.6) is 0 Å². The summed E-state index contributed by atoms with van der Waals surface area (Å²) in [6, 6.07) is 29.9. The van der Waals surface area contributed by atoms with Gasteiger partial charge < -0.3 is 14.2 Å². The molecule has 0 bridgehead atoms. The molecule has 3 aromatic carbocycles. The molecule has 4 rings (SSSR count). The molecule has 0 heterocycles. The van der Waals surface area contributed by atoms with Gasteiger partial charge in [-0.15, -0.1) is 0 Å². The van der Waals surface area contributed by atoms with Gasteiger partial charge in [-0.3, -0.25) is 4.79 Å². The molecule has 1 fully saturated rings. The Morgan fingerprint density at radius 3 is 1.58 bits per heavy atom. The summed E-state index contributed by atoms with van der Waals surface area (Å²) < 4.78 is 18.6. The van der Waals surface area contributed by atoms with Crippen LogP contribution in [0.3, 0.4) is 0 Å². The van der Waals surface area contributed by atoms with Crippen LogP contribution < -0.4 is 0 Å². The minimum Gasteiger partial charge on any atom is -0.371 e. The second-order valence-electron chi connectivity index (χ2n) is 7.82. The van der Waals surface area contributed by atoms with Crippen LogP contribution in [0.1, 0.15) is 29.5 Å². The molecule has 0 saturated heterocycles. The first kappa shape index (κ1) is 21.4. The summed E-state index contributed by atoms with van der Waals surface area (Å²) in [5.74, 6) is 0.0774. The summed E-state index contributed by atoms with van der Waals surface area (Å²) in [5, 5.41) is 0. The van der Waals surface area contributed by atoms with E-state index in [-0.39, 0.29) is 11.9 Å². The van der Waals surface area contributed by atoms with Gasteiger partial charge in [0.25, 0.3) is 0 Å². The normalized spacial score (nSPS) is 21.2. The van der Waals surface area contributed by atoms with Crippen LogP contribution in [0.25, 0.3) is 0 Å². The Kier molecular flexibility index (Phi) is 7.61. The molecule has 0 aromatic heterocycles. The molecule has 0 N–H and O–H groups in total. The van der Waals surface area contributed by atoms with E-state index < -0.39 is 12.2 Å². The molecule has 0 spiro atoms. The number of hydrogen-bond acceptors (Lipinski definition) is 4. The second kappa shape index (κ2) is 11.0. The molecule has 1 aliphatic carbocycles. The van der Waals surface area contributed by atoms with E-state index in [1.54, 1.807) is 0 Å². The third-order valence-electron chi connectivity index (χ3n) is 5.52. The first-order chi connectivity index (χ1) is 15.3. The molecular formula is C27H28O4. The van der Waals surface area contributed by atoms with Crippen molar-refractivity contribution in [2.24, 2.45) is 0 Å². The van der Waals surface area contributed by atoms with Gasteiger partial charge >= 0.3 is 0 Å². The summed E-state index contributed by atoms with van der Waals surface area (Å²) in [5.41, 5.74) is 3.19. The van der Waals surface area contributed by atoms with Crippen molar-refractivity contribution in [3.8, 4) is 0 Å². The Morgan fingerprint density at radius 1 is 0.613 bits per heavy atom. The van der Waals surface area contributed by atoms with Gasteiger partial charge in [0.2, 0.25) is 0 Å². The first-order valence-electron chi connectivity index (χ1n) is 10.8. The number of carbonyl (C=O) groups is 1. The minimum absolute atomic E-state index is 0.0774. The number of Topliss-reactive ketones (excluding diaryl/α,β-unsaturated/α-hetero) is 1. The van der Waals surface area contributed by atoms with E-state index in [1.807, 2.05) is 91.0 Å². The van der Waals surface area contributed by atoms with Crippen molar-refractivity contribution >= 4 is 5.78 Å². The van der Waals surface area contributed by atoms with E-state index in [0.29, 0.717) is 32.7 Å². The molecule has 0 radical (unpaired) electrons. The lowest BCUT2D eigenvalue weighted by Gasteiger charge is -2.36. The standard InChI is InChI=1S/C27H28O4/c28-24-16-17-25(29-18-21-10-4-1-5-11-21)27(31-20-23-14-8-3-9-15-23)26(24)30-19-22-12-6-2-7-13-22/h1-15,25-27H,16-20H2. The molecule has 0 aliphatic heterocycles. The smallest absolute Gasteiger partial charge is 0.164 e. The second-order valence-corrected chi connectivity index (χ2v) is 7.82. The van der Waals surface area contributed by atoms with Gasteiger partial charge in [0, 0.05) is 6.42 Å². The fourth-order valence-electron chi connectivity index (χ4n) is 3.83. The molecule has 31 heavy (non-hydrogen) atoms. The van der Waals surface area contributed by atoms with E-state index in [0.717, 1.165) is 16.7 Å². The maximum atomic E-state index is 12.8. The van der Waals surface area contributed by atoms with Gasteiger partial charge in [-0.25, -0.2) is 0 Å². The van der Waals surface area contributed by atoms with Crippen LogP contribution >= 0.6 is 0 Å². The number of carbonyl (C=O) groups excluding carboxylic acids is 1. The first-order valence-corrected chi connectivity index (χ1v) is 10.8. The summed E-state index contributed by atoms with van der Waals surface area (Å²) >= 11 is 0. The molecule has 160 valence electrons. The third-order valence-corrected chi connectivity index (χ3v) is 5.52. The fourth-order valence-corrected chi connectivity index (χ4v) is 3.83. The Hall–Kier alpha value is -2.79. The lowest BCUT2D eigenvalue weighted by atomic mass is 9.90. The Bertz CT molecular complexity index is 927. The van der Waals surface area contributed by atoms with Gasteiger partial charge in [-0.1, -0.05) is 91.0 Å². The molecule has 3 unspecified atom stereocenters. The SMILES string of the molecule is O=C1CCC(OCc2ccccc2)C(OCc2ccccc2)C1OCc1ccccc1. The quantitative estimate of drug-likeness (QED) is 0.487. The molecular weight excluding hydrogens is 388 g/mol. The third kappa shape index (κ3) is 6.11. The van der Waals surface area contributed by atoms with Crippen LogP contribution in [0.4, 0.5) is 0 Å². The summed E-state index contributed by atoms with van der Waals surface area (Å²) in [4.78, 5) is 12.8. The van der Waals surface area contributed by atoms with Crippen LogP contribution in [-0.2, 0) is 38.8 Å². The van der Waals surface area contributed by atoms with Gasteiger partial charge in [0.15, 0.2) is 5.78 Å². The molecule has 4 nitrogen and oxygen atoms in total. The average Bonchev–Trinajstić information content (AvgIpc) is 2.83. The number of rotatable bonds is 9. The highest BCUT2D eigenvalue weighted by Gasteiger charge is 2.41. The molecule has 1 aliphatic rings. The fraction of sp³-hybridized carbons (Fsp3) is 0.296. The highest BCUT2D eigenvalue weighted by atomic mass is 16.6. The van der Waals surface area contributed by atoms with Crippen molar-refractivity contribution in [2.75, 3.05) is 0 Å². The van der Waals surface area contributed by atoms with Crippen molar-refractivity contribution < 1.29 is 19.0 Å². The lowest BCUT2D eigenvalue weighted by Crippen LogP contribution is -2.50. The van der Waals surface area contributed by atoms with Gasteiger partial charge in [-0.05, 0) is 23.1 Å². The minimum atomic E-state index is -0.640. The average molecular weight is 417 g/mol. The summed E-state index contributed by atoms with van der Waals surface area (Å²) in [6.07, 6.45) is -0.227. The van der Waals surface area contributed by atoms with Gasteiger partial charge in [-0.2, -0.15) is 0 Å². The summed E-state index contributed by atoms with van der Waals surface area (Å²) in [6.45, 7) is 1.26. The van der Waals surface area contributed by atoms with E-state index in [1.165, 1.54) is 0 Å². The molecule has 0 amide bonds. The zero-order valence-corrected chi connectivity index (χ0v) is 17.6. The van der Waals surface area contributed by atoms with Crippen molar-refractivity contribution in [3.63, 3.8) is 0 Å². The van der Waals surface area contributed by atoms with Gasteiger partial charge in [0.05, 0.1) is 25.9 Å². The van der Waals surface area contributed by atoms with Crippen LogP contribution in [0.2, 0.25) is 0 Å². The Morgan fingerprint density at radius 2 is 1.06 bits per heavy atom. The van der Waals surface area contributed by atoms with Crippen LogP contribution in [-0.4, -0.2) is 24.1 Å². The highest BCUT2D eigenvalue weighted by Crippen LogP contribution is 2.27. The number of benzene rings is 3. The maximum Gasteiger partial charge on any atom is 0.164 e. The van der Waals surface area contributed by atoms with E-state index in [2.05, 4.69) is 0 Å². The predicted octanol–water partition coefficient (Wildman–Crippen LogP) is 5.11. The number of ether oxygens (including phenoxy) is 3. The maximum absolute atomic E-state index is 12.8. The van der Waals surface area contributed by atoms with Crippen molar-refractivity contribution in [1.82, 2.24) is 0 Å². The Labute approximate surface area is 183 Å². The van der Waals surface area contributed by atoms with Crippen LogP contribution in [0, 0.1) is 0 Å². The van der Waals surface area contributed by atoms with Crippen molar-refractivity contribution in [1.29, 1.82) is 0 Å². The van der Waals surface area contributed by atoms with E-state index >= 15 is 0 Å². The largest absolute Gasteiger partial charge is 0.371 e. The molecule has 1 saturated carbocycles. The summed E-state index contributed by atoms with van der Waals surface area (Å²) in [7, 11) is 0. The van der Waals surface area contributed by atoms with Crippen LogP contribution in [0.15, 0.2) is 91.0 Å². The van der Waals surface area contributed by atoms with Crippen molar-refractivity contribution in [3.05, 3.63) is 108 Å². The van der Waals surface area contributed by atoms with E-state index in [9.17, 15) is 4.79 Å². The molecule has 3 atom stereocenters. The Balaban J connectivity index is 1.47. The lowest BCUT2D eigenvalue weighted by molar-refractivity contribution is -0.179. The van der Waals surface area contributed by atoms with Crippen molar-refractivity contribution in [2.45, 2.75) is 51.0 Å². The number of ketones is 1. The van der Waals surface area contributed by atoms with Gasteiger partial charge in [0.1, 0.15) is 12.2 Å². The molecule has 4 heteroatoms.